The Morgan fingerprint density at radius 3 is 2.67 bits per heavy atom. The number of fused-ring (bicyclic) bond motifs is 1. The number of hydrogen-bond acceptors (Lipinski definition) is 2. The van der Waals surface area contributed by atoms with Crippen molar-refractivity contribution in [1.82, 2.24) is 14.8 Å². The molecule has 2 atom stereocenters. The molecule has 0 aromatic carbocycles. The zero-order chi connectivity index (χ0) is 14.5. The van der Waals surface area contributed by atoms with Crippen molar-refractivity contribution in [1.29, 1.82) is 0 Å². The van der Waals surface area contributed by atoms with E-state index in [4.69, 9.17) is 10.1 Å². The summed E-state index contributed by atoms with van der Waals surface area (Å²) >= 11 is 0. The van der Waals surface area contributed by atoms with Crippen molar-refractivity contribution >= 4 is 13.5 Å². The van der Waals surface area contributed by atoms with Gasteiger partial charge in [0.05, 0.1) is 5.41 Å². The van der Waals surface area contributed by atoms with E-state index in [1.165, 1.54) is 12.0 Å². The Morgan fingerprint density at radius 1 is 1.33 bits per heavy atom. The summed E-state index contributed by atoms with van der Waals surface area (Å²) in [5.41, 5.74) is 1.81. The summed E-state index contributed by atoms with van der Waals surface area (Å²) in [5, 5.41) is 4.80. The summed E-state index contributed by atoms with van der Waals surface area (Å²) in [6.07, 6.45) is 9.20. The number of rotatable bonds is 3. The summed E-state index contributed by atoms with van der Waals surface area (Å²) in [6, 6.07) is 0. The number of hydrogen-bond donors (Lipinski definition) is 0. The molecule has 0 saturated heterocycles. The van der Waals surface area contributed by atoms with Crippen molar-refractivity contribution in [2.24, 2.45) is 11.3 Å². The molecule has 0 aliphatic heterocycles. The summed E-state index contributed by atoms with van der Waals surface area (Å²) in [4.78, 5) is 4.74. The van der Waals surface area contributed by atoms with Gasteiger partial charge in [-0.05, 0) is 38.0 Å². The van der Waals surface area contributed by atoms with Crippen LogP contribution in [0.3, 0.4) is 0 Å². The maximum absolute atomic E-state index is 4.80. The molecule has 3 nitrogen and oxygen atoms in total. The van der Waals surface area contributed by atoms with Crippen molar-refractivity contribution in [3.8, 4) is 0 Å². The van der Waals surface area contributed by atoms with Gasteiger partial charge < -0.3 is 0 Å². The maximum atomic E-state index is 4.80. The zero-order valence-electron chi connectivity index (χ0n) is 13.8. The molecule has 2 unspecified atom stereocenters. The van der Waals surface area contributed by atoms with Crippen LogP contribution in [0.4, 0.5) is 0 Å². The van der Waals surface area contributed by atoms with Crippen molar-refractivity contribution in [3.63, 3.8) is 0 Å². The highest BCUT2D eigenvalue weighted by atomic mass is 32.1. The van der Waals surface area contributed by atoms with Crippen LogP contribution < -0.4 is 0 Å². The first-order chi connectivity index (χ1) is 9.30. The number of aromatic nitrogens is 3. The fourth-order valence-electron chi connectivity index (χ4n) is 2.96. The molecule has 2 aliphatic carbocycles. The molecule has 0 N–H and O–H groups in total. The average Bonchev–Trinajstić information content (AvgIpc) is 2.94. The monoisotopic (exact) mass is 305 g/mol. The topological polar surface area (TPSA) is 30.7 Å². The van der Waals surface area contributed by atoms with Crippen LogP contribution in [0.15, 0.2) is 23.8 Å². The summed E-state index contributed by atoms with van der Waals surface area (Å²) < 4.78 is 2.09. The normalized spacial score (nSPS) is 26.9. The molecule has 1 aromatic rings. The molecule has 1 saturated carbocycles. The third-order valence-electron chi connectivity index (χ3n) is 4.51. The van der Waals surface area contributed by atoms with Crippen molar-refractivity contribution in [2.45, 2.75) is 59.4 Å². The Balaban J connectivity index is 0.00000161. The van der Waals surface area contributed by atoms with Crippen LogP contribution >= 0.6 is 13.5 Å². The maximum Gasteiger partial charge on any atom is 0.161 e. The molecule has 116 valence electrons. The second-order valence-corrected chi connectivity index (χ2v) is 7.61. The summed E-state index contributed by atoms with van der Waals surface area (Å²) in [6.45, 7) is 12.0. The minimum atomic E-state index is 0. The number of nitrogens with zero attached hydrogens (tertiary/aromatic N) is 3. The van der Waals surface area contributed by atoms with Gasteiger partial charge in [-0.1, -0.05) is 44.6 Å². The number of allylic oxidation sites excluding steroid dienone is 4. The third-order valence-corrected chi connectivity index (χ3v) is 4.51. The molecule has 1 heterocycles. The molecule has 4 heteroatoms. The van der Waals surface area contributed by atoms with Gasteiger partial charge in [0.1, 0.15) is 5.82 Å². The zero-order valence-corrected chi connectivity index (χ0v) is 14.8. The van der Waals surface area contributed by atoms with E-state index in [1.807, 2.05) is 0 Å². The summed E-state index contributed by atoms with van der Waals surface area (Å²) in [7, 11) is 0. The van der Waals surface area contributed by atoms with Crippen LogP contribution in [-0.2, 0) is 12.0 Å². The minimum Gasteiger partial charge on any atom is -0.250 e. The lowest BCUT2D eigenvalue weighted by molar-refractivity contribution is 0.338. The Morgan fingerprint density at radius 2 is 2.05 bits per heavy atom. The van der Waals surface area contributed by atoms with E-state index < -0.39 is 0 Å². The lowest BCUT2D eigenvalue weighted by Gasteiger charge is -2.17. The molecule has 0 spiro atoms. The molecule has 1 fully saturated rings. The third kappa shape index (κ3) is 3.10. The average molecular weight is 305 g/mol. The highest BCUT2D eigenvalue weighted by Gasteiger charge is 2.56. The Hall–Kier alpha value is -1.03. The van der Waals surface area contributed by atoms with E-state index in [-0.39, 0.29) is 18.9 Å². The molecule has 21 heavy (non-hydrogen) atoms. The Kier molecular flexibility index (Phi) is 4.13. The second-order valence-electron chi connectivity index (χ2n) is 7.61. The fraction of sp³-hybridized carbons (Fsp3) is 0.647. The van der Waals surface area contributed by atoms with E-state index in [1.54, 1.807) is 0 Å². The minimum absolute atomic E-state index is 0. The van der Waals surface area contributed by atoms with Crippen LogP contribution in [0.5, 0.6) is 0 Å². The Bertz CT molecular complexity index is 592. The van der Waals surface area contributed by atoms with Crippen LogP contribution in [0, 0.1) is 18.3 Å². The smallest absolute Gasteiger partial charge is 0.161 e. The van der Waals surface area contributed by atoms with Gasteiger partial charge in [0.2, 0.25) is 0 Å². The number of aryl methyl sites for hydroxylation is 2. The first kappa shape index (κ1) is 16.3. The molecule has 0 amide bonds. The van der Waals surface area contributed by atoms with Crippen molar-refractivity contribution < 1.29 is 0 Å². The van der Waals surface area contributed by atoms with Gasteiger partial charge in [-0.25, -0.2) is 4.98 Å². The van der Waals surface area contributed by atoms with Crippen LogP contribution in [0.1, 0.15) is 52.2 Å². The van der Waals surface area contributed by atoms with Crippen molar-refractivity contribution in [2.75, 3.05) is 0 Å². The quantitative estimate of drug-likeness (QED) is 0.847. The second kappa shape index (κ2) is 5.31. The van der Waals surface area contributed by atoms with E-state index in [2.05, 4.69) is 57.5 Å². The van der Waals surface area contributed by atoms with Gasteiger partial charge in [0.25, 0.3) is 0 Å². The van der Waals surface area contributed by atoms with Gasteiger partial charge in [0, 0.05) is 6.54 Å². The predicted molar refractivity (Wildman–Crippen MR) is 91.9 cm³/mol. The van der Waals surface area contributed by atoms with Gasteiger partial charge in [0.15, 0.2) is 5.82 Å². The predicted octanol–water partition coefficient (Wildman–Crippen LogP) is 3.91. The van der Waals surface area contributed by atoms with Gasteiger partial charge in [-0.2, -0.15) is 18.6 Å². The first-order valence-corrected chi connectivity index (χ1v) is 7.60. The van der Waals surface area contributed by atoms with E-state index >= 15 is 0 Å². The van der Waals surface area contributed by atoms with Gasteiger partial charge >= 0.3 is 0 Å². The molecule has 0 bridgehead atoms. The van der Waals surface area contributed by atoms with Crippen LogP contribution in [0.2, 0.25) is 0 Å². The molecule has 1 aromatic heterocycles. The van der Waals surface area contributed by atoms with Crippen LogP contribution in [-0.4, -0.2) is 14.8 Å². The lowest BCUT2D eigenvalue weighted by Crippen LogP contribution is -2.14. The standard InChI is InChI=1S/C17H25N3.H2S/c1-12-6-7-17(11-14(17)10-12)15-18-13(2)20(19-15)9-8-16(3,4)5;/h6-7,10,14H,8-9,11H2,1-5H3;1H2. The Labute approximate surface area is 135 Å². The largest absolute Gasteiger partial charge is 0.250 e. The lowest BCUT2D eigenvalue weighted by atomic mass is 9.92. The molecule has 2 aliphatic rings. The first-order valence-electron chi connectivity index (χ1n) is 7.60. The van der Waals surface area contributed by atoms with Crippen molar-refractivity contribution in [3.05, 3.63) is 35.4 Å². The molecule has 0 radical (unpaired) electrons. The molecule has 3 rings (SSSR count). The van der Waals surface area contributed by atoms with E-state index in [0.29, 0.717) is 11.3 Å². The summed E-state index contributed by atoms with van der Waals surface area (Å²) in [5.74, 6) is 2.68. The van der Waals surface area contributed by atoms with E-state index in [0.717, 1.165) is 24.6 Å². The highest BCUT2D eigenvalue weighted by Crippen LogP contribution is 2.57. The highest BCUT2D eigenvalue weighted by molar-refractivity contribution is 7.59. The molecular weight excluding hydrogens is 278 g/mol. The molecular formula is C17H27N3S. The SMILES string of the molecule is CC1=CC2CC2(c2nc(C)n(CCC(C)(C)C)n2)C=C1.S. The van der Waals surface area contributed by atoms with Crippen LogP contribution in [0.25, 0.3) is 0 Å². The fourth-order valence-corrected chi connectivity index (χ4v) is 2.96. The van der Waals surface area contributed by atoms with E-state index in [9.17, 15) is 0 Å². The van der Waals surface area contributed by atoms with Gasteiger partial charge in [-0.3, -0.25) is 4.68 Å². The van der Waals surface area contributed by atoms with Gasteiger partial charge in [-0.15, -0.1) is 0 Å².